The summed E-state index contributed by atoms with van der Waals surface area (Å²) in [5.41, 5.74) is 1.80. The van der Waals surface area contributed by atoms with Gasteiger partial charge in [0.1, 0.15) is 11.5 Å². The Kier molecular flexibility index (Phi) is 6.90. The highest BCUT2D eigenvalue weighted by Gasteiger charge is 2.10. The van der Waals surface area contributed by atoms with E-state index in [1.165, 1.54) is 0 Å². The van der Waals surface area contributed by atoms with Gasteiger partial charge in [-0.3, -0.25) is 4.79 Å². The van der Waals surface area contributed by atoms with Gasteiger partial charge in [0.25, 0.3) is 0 Å². The van der Waals surface area contributed by atoms with Crippen molar-refractivity contribution in [3.63, 3.8) is 0 Å². The van der Waals surface area contributed by atoms with Crippen LogP contribution in [0.2, 0.25) is 5.02 Å². The maximum absolute atomic E-state index is 12.3. The minimum atomic E-state index is -0.101. The van der Waals surface area contributed by atoms with Crippen LogP contribution in [0.1, 0.15) is 18.1 Å². The van der Waals surface area contributed by atoms with Gasteiger partial charge in [-0.2, -0.15) is 0 Å². The van der Waals surface area contributed by atoms with Crippen molar-refractivity contribution in [2.45, 2.75) is 13.5 Å². The number of hydrogen-bond acceptors (Lipinski definition) is 3. The molecule has 5 heteroatoms. The number of hydrogen-bond donors (Lipinski definition) is 0. The van der Waals surface area contributed by atoms with Crippen LogP contribution in [-0.4, -0.2) is 31.6 Å². The van der Waals surface area contributed by atoms with E-state index < -0.39 is 0 Å². The molecule has 0 saturated heterocycles. The van der Waals surface area contributed by atoms with E-state index in [-0.39, 0.29) is 5.91 Å². The second-order valence-electron chi connectivity index (χ2n) is 5.49. The molecule has 2 aromatic rings. The Bertz CT molecular complexity index is 741. The monoisotopic (exact) mass is 359 g/mol. The van der Waals surface area contributed by atoms with E-state index in [4.69, 9.17) is 21.1 Å². The normalized spacial score (nSPS) is 10.7. The van der Waals surface area contributed by atoms with Gasteiger partial charge in [0.2, 0.25) is 5.91 Å². The molecular formula is C20H22ClNO3. The molecule has 0 heterocycles. The predicted molar refractivity (Wildman–Crippen MR) is 101 cm³/mol. The van der Waals surface area contributed by atoms with E-state index in [1.54, 1.807) is 49.4 Å². The van der Waals surface area contributed by atoms with Crippen molar-refractivity contribution in [2.24, 2.45) is 0 Å². The predicted octanol–water partition coefficient (Wildman–Crippen LogP) is 4.42. The van der Waals surface area contributed by atoms with Gasteiger partial charge >= 0.3 is 0 Å². The van der Waals surface area contributed by atoms with Crippen LogP contribution in [0, 0.1) is 0 Å². The molecule has 1 amide bonds. The summed E-state index contributed by atoms with van der Waals surface area (Å²) in [6.07, 6.45) is 3.33. The maximum atomic E-state index is 12.3. The van der Waals surface area contributed by atoms with E-state index in [0.717, 1.165) is 16.9 Å². The van der Waals surface area contributed by atoms with Gasteiger partial charge in [-0.25, -0.2) is 0 Å². The fourth-order valence-electron chi connectivity index (χ4n) is 2.34. The minimum Gasteiger partial charge on any atom is -0.496 e. The number of ether oxygens (including phenoxy) is 2. The number of methoxy groups -OCH3 is 1. The number of nitrogens with zero attached hydrogens (tertiary/aromatic N) is 1. The third-order valence-electron chi connectivity index (χ3n) is 3.64. The molecule has 2 rings (SSSR count). The van der Waals surface area contributed by atoms with Crippen LogP contribution in [0.15, 0.2) is 48.5 Å². The summed E-state index contributed by atoms with van der Waals surface area (Å²) in [5, 5.41) is 0.613. The highest BCUT2D eigenvalue weighted by atomic mass is 35.5. The summed E-state index contributed by atoms with van der Waals surface area (Å²) in [4.78, 5) is 13.9. The number of likely N-dealkylation sites (N-methyl/N-ethyl adjacent to an activating group) is 1. The van der Waals surface area contributed by atoms with Crippen molar-refractivity contribution < 1.29 is 14.3 Å². The molecule has 0 bridgehead atoms. The zero-order chi connectivity index (χ0) is 18.2. The first-order valence-electron chi connectivity index (χ1n) is 8.02. The molecule has 0 unspecified atom stereocenters. The van der Waals surface area contributed by atoms with Gasteiger partial charge in [0, 0.05) is 30.3 Å². The highest BCUT2D eigenvalue weighted by molar-refractivity contribution is 6.30. The molecule has 0 radical (unpaired) electrons. The average molecular weight is 360 g/mol. The topological polar surface area (TPSA) is 38.8 Å². The molecule has 0 aliphatic rings. The van der Waals surface area contributed by atoms with Gasteiger partial charge < -0.3 is 14.4 Å². The largest absolute Gasteiger partial charge is 0.496 e. The van der Waals surface area contributed by atoms with Crippen LogP contribution in [0.3, 0.4) is 0 Å². The molecule has 0 saturated carbocycles. The zero-order valence-corrected chi connectivity index (χ0v) is 15.4. The van der Waals surface area contributed by atoms with Gasteiger partial charge in [0.15, 0.2) is 0 Å². The highest BCUT2D eigenvalue weighted by Crippen LogP contribution is 2.23. The number of halogens is 1. The van der Waals surface area contributed by atoms with Crippen molar-refractivity contribution in [1.82, 2.24) is 4.90 Å². The number of carbonyl (C=O) groups is 1. The molecule has 0 aliphatic heterocycles. The smallest absolute Gasteiger partial charge is 0.246 e. The standard InChI is InChI=1S/C20H22ClNO3/c1-4-25-18-9-5-15(6-10-18)7-12-20(23)22(2)14-16-13-17(21)8-11-19(16)24-3/h5-13H,4,14H2,1-3H3/b12-7+. The van der Waals surface area contributed by atoms with Gasteiger partial charge in [-0.05, 0) is 48.9 Å². The summed E-state index contributed by atoms with van der Waals surface area (Å²) < 4.78 is 10.7. The van der Waals surface area contributed by atoms with Gasteiger partial charge in [-0.1, -0.05) is 23.7 Å². The Morgan fingerprint density at radius 1 is 1.20 bits per heavy atom. The molecule has 0 aliphatic carbocycles. The van der Waals surface area contributed by atoms with Crippen molar-refractivity contribution in [2.75, 3.05) is 20.8 Å². The first kappa shape index (κ1) is 18.9. The van der Waals surface area contributed by atoms with Crippen LogP contribution in [0.4, 0.5) is 0 Å². The molecular weight excluding hydrogens is 338 g/mol. The Morgan fingerprint density at radius 2 is 1.92 bits per heavy atom. The molecule has 0 fully saturated rings. The Hall–Kier alpha value is -2.46. The SMILES string of the molecule is CCOc1ccc(/C=C/C(=O)N(C)Cc2cc(Cl)ccc2OC)cc1. The van der Waals surface area contributed by atoms with Crippen LogP contribution < -0.4 is 9.47 Å². The third kappa shape index (κ3) is 5.54. The summed E-state index contributed by atoms with van der Waals surface area (Å²) in [6.45, 7) is 2.98. The molecule has 25 heavy (non-hydrogen) atoms. The lowest BCUT2D eigenvalue weighted by atomic mass is 10.1. The lowest BCUT2D eigenvalue weighted by Crippen LogP contribution is -2.24. The van der Waals surface area contributed by atoms with Crippen LogP contribution >= 0.6 is 11.6 Å². The molecule has 132 valence electrons. The van der Waals surface area contributed by atoms with E-state index >= 15 is 0 Å². The van der Waals surface area contributed by atoms with Crippen LogP contribution in [-0.2, 0) is 11.3 Å². The third-order valence-corrected chi connectivity index (χ3v) is 3.87. The summed E-state index contributed by atoms with van der Waals surface area (Å²) in [6, 6.07) is 13.0. The number of rotatable bonds is 7. The Labute approximate surface area is 153 Å². The number of carbonyl (C=O) groups excluding carboxylic acids is 1. The van der Waals surface area contributed by atoms with Crippen molar-refractivity contribution in [1.29, 1.82) is 0 Å². The Balaban J connectivity index is 2.01. The average Bonchev–Trinajstić information content (AvgIpc) is 2.61. The number of amides is 1. The molecule has 0 atom stereocenters. The van der Waals surface area contributed by atoms with Crippen molar-refractivity contribution in [3.8, 4) is 11.5 Å². The molecule has 4 nitrogen and oxygen atoms in total. The molecule has 0 N–H and O–H groups in total. The van der Waals surface area contributed by atoms with E-state index in [2.05, 4.69) is 0 Å². The fraction of sp³-hybridized carbons (Fsp3) is 0.250. The van der Waals surface area contributed by atoms with Gasteiger partial charge in [0.05, 0.1) is 13.7 Å². The quantitative estimate of drug-likeness (QED) is 0.687. The lowest BCUT2D eigenvalue weighted by molar-refractivity contribution is -0.125. The number of benzene rings is 2. The second kappa shape index (κ2) is 9.14. The molecule has 0 aromatic heterocycles. The van der Waals surface area contributed by atoms with Crippen molar-refractivity contribution in [3.05, 3.63) is 64.7 Å². The summed E-state index contributed by atoms with van der Waals surface area (Å²) in [5.74, 6) is 1.42. The van der Waals surface area contributed by atoms with Gasteiger partial charge in [-0.15, -0.1) is 0 Å². The minimum absolute atomic E-state index is 0.101. The maximum Gasteiger partial charge on any atom is 0.246 e. The van der Waals surface area contributed by atoms with E-state index in [9.17, 15) is 4.79 Å². The summed E-state index contributed by atoms with van der Waals surface area (Å²) in [7, 11) is 3.34. The second-order valence-corrected chi connectivity index (χ2v) is 5.92. The zero-order valence-electron chi connectivity index (χ0n) is 14.7. The first-order valence-corrected chi connectivity index (χ1v) is 8.39. The van der Waals surface area contributed by atoms with Crippen molar-refractivity contribution >= 4 is 23.6 Å². The fourth-order valence-corrected chi connectivity index (χ4v) is 2.54. The van der Waals surface area contributed by atoms with Crippen LogP contribution in [0.5, 0.6) is 11.5 Å². The van der Waals surface area contributed by atoms with E-state index in [0.29, 0.717) is 23.9 Å². The molecule has 2 aromatic carbocycles. The first-order chi connectivity index (χ1) is 12.0. The lowest BCUT2D eigenvalue weighted by Gasteiger charge is -2.17. The van der Waals surface area contributed by atoms with E-state index in [1.807, 2.05) is 31.2 Å². The van der Waals surface area contributed by atoms with Crippen LogP contribution in [0.25, 0.3) is 6.08 Å². The molecule has 0 spiro atoms. The summed E-state index contributed by atoms with van der Waals surface area (Å²) >= 11 is 6.03. The Morgan fingerprint density at radius 3 is 2.56 bits per heavy atom.